The zero-order valence-electron chi connectivity index (χ0n) is 15.4. The van der Waals surface area contributed by atoms with Crippen LogP contribution in [0.4, 0.5) is 11.6 Å². The number of anilines is 2. The molecule has 134 valence electrons. The Morgan fingerprint density at radius 3 is 2.76 bits per heavy atom. The topological polar surface area (TPSA) is 75.9 Å². The highest BCUT2D eigenvalue weighted by molar-refractivity contribution is 5.92. The van der Waals surface area contributed by atoms with Crippen molar-refractivity contribution in [1.82, 2.24) is 19.7 Å². The molecule has 1 saturated heterocycles. The lowest BCUT2D eigenvalue weighted by Crippen LogP contribution is -2.41. The summed E-state index contributed by atoms with van der Waals surface area (Å²) >= 11 is 0. The first-order chi connectivity index (χ1) is 11.8. The van der Waals surface area contributed by atoms with E-state index in [9.17, 15) is 4.79 Å². The fourth-order valence-corrected chi connectivity index (χ4v) is 3.03. The minimum atomic E-state index is -0.0660. The molecule has 1 amide bonds. The van der Waals surface area contributed by atoms with Gasteiger partial charge in [0, 0.05) is 44.0 Å². The van der Waals surface area contributed by atoms with Crippen molar-refractivity contribution in [1.29, 1.82) is 0 Å². The Labute approximate surface area is 148 Å². The fraction of sp³-hybridized carbons (Fsp3) is 0.556. The summed E-state index contributed by atoms with van der Waals surface area (Å²) in [7, 11) is 1.86. The largest absolute Gasteiger partial charge is 0.355 e. The van der Waals surface area contributed by atoms with Crippen LogP contribution in [0.3, 0.4) is 0 Å². The maximum Gasteiger partial charge on any atom is 0.230 e. The van der Waals surface area contributed by atoms with E-state index in [-0.39, 0.29) is 17.2 Å². The SMILES string of the molecule is Cn1nc(C(C)(C)C)cc1NC(=O)C1CCCN(c2cnccn2)C1. The molecule has 0 aliphatic carbocycles. The highest BCUT2D eigenvalue weighted by Crippen LogP contribution is 2.25. The van der Waals surface area contributed by atoms with Crippen LogP contribution in [0.5, 0.6) is 0 Å². The maximum atomic E-state index is 12.7. The summed E-state index contributed by atoms with van der Waals surface area (Å²) in [4.78, 5) is 23.3. The number of hydrogen-bond acceptors (Lipinski definition) is 5. The predicted molar refractivity (Wildman–Crippen MR) is 97.5 cm³/mol. The van der Waals surface area contributed by atoms with Crippen LogP contribution in [0.15, 0.2) is 24.7 Å². The number of amides is 1. The first-order valence-electron chi connectivity index (χ1n) is 8.71. The third-order valence-corrected chi connectivity index (χ3v) is 4.57. The number of aromatic nitrogens is 4. The Hall–Kier alpha value is -2.44. The molecule has 0 aromatic carbocycles. The van der Waals surface area contributed by atoms with Crippen molar-refractivity contribution in [2.45, 2.75) is 39.0 Å². The van der Waals surface area contributed by atoms with E-state index < -0.39 is 0 Å². The molecule has 25 heavy (non-hydrogen) atoms. The second-order valence-corrected chi connectivity index (χ2v) is 7.63. The molecule has 7 heteroatoms. The van der Waals surface area contributed by atoms with Crippen LogP contribution in [0.1, 0.15) is 39.3 Å². The fourth-order valence-electron chi connectivity index (χ4n) is 3.03. The maximum absolute atomic E-state index is 12.7. The number of nitrogens with one attached hydrogen (secondary N) is 1. The van der Waals surface area contributed by atoms with Gasteiger partial charge in [-0.1, -0.05) is 20.8 Å². The van der Waals surface area contributed by atoms with Gasteiger partial charge in [0.25, 0.3) is 0 Å². The number of piperidine rings is 1. The van der Waals surface area contributed by atoms with Crippen LogP contribution in [-0.4, -0.2) is 38.7 Å². The number of aryl methyl sites for hydroxylation is 1. The number of carbonyl (C=O) groups is 1. The van der Waals surface area contributed by atoms with Crippen LogP contribution >= 0.6 is 0 Å². The van der Waals surface area contributed by atoms with E-state index >= 15 is 0 Å². The summed E-state index contributed by atoms with van der Waals surface area (Å²) < 4.78 is 1.74. The molecular weight excluding hydrogens is 316 g/mol. The van der Waals surface area contributed by atoms with Crippen LogP contribution in [0.25, 0.3) is 0 Å². The summed E-state index contributed by atoms with van der Waals surface area (Å²) in [6.07, 6.45) is 6.94. The van der Waals surface area contributed by atoms with E-state index in [2.05, 4.69) is 46.1 Å². The second-order valence-electron chi connectivity index (χ2n) is 7.63. The number of nitrogens with zero attached hydrogens (tertiary/aromatic N) is 5. The van der Waals surface area contributed by atoms with Gasteiger partial charge in [0.1, 0.15) is 11.6 Å². The zero-order chi connectivity index (χ0) is 18.0. The Kier molecular flexibility index (Phi) is 4.74. The summed E-state index contributed by atoms with van der Waals surface area (Å²) in [5.74, 6) is 1.54. The van der Waals surface area contributed by atoms with Crippen LogP contribution < -0.4 is 10.2 Å². The van der Waals surface area contributed by atoms with Crippen LogP contribution in [-0.2, 0) is 17.3 Å². The number of carbonyl (C=O) groups excluding carboxylic acids is 1. The summed E-state index contributed by atoms with van der Waals surface area (Å²) in [5.41, 5.74) is 0.920. The predicted octanol–water partition coefficient (Wildman–Crippen LogP) is 2.36. The monoisotopic (exact) mass is 342 g/mol. The zero-order valence-corrected chi connectivity index (χ0v) is 15.4. The first-order valence-corrected chi connectivity index (χ1v) is 8.71. The molecule has 0 saturated carbocycles. The molecular formula is C18H26N6O. The molecule has 2 aromatic heterocycles. The first kappa shape index (κ1) is 17.4. The van der Waals surface area contributed by atoms with Crippen molar-refractivity contribution in [3.8, 4) is 0 Å². The lowest BCUT2D eigenvalue weighted by Gasteiger charge is -2.32. The summed E-state index contributed by atoms with van der Waals surface area (Å²) in [6.45, 7) is 7.90. The van der Waals surface area contributed by atoms with Crippen molar-refractivity contribution < 1.29 is 4.79 Å². The Morgan fingerprint density at radius 1 is 1.32 bits per heavy atom. The minimum Gasteiger partial charge on any atom is -0.355 e. The molecule has 1 atom stereocenters. The normalized spacial score (nSPS) is 18.2. The van der Waals surface area contributed by atoms with Gasteiger partial charge in [0.05, 0.1) is 17.8 Å². The van der Waals surface area contributed by atoms with Crippen molar-refractivity contribution in [2.75, 3.05) is 23.3 Å². The van der Waals surface area contributed by atoms with Crippen LogP contribution in [0.2, 0.25) is 0 Å². The van der Waals surface area contributed by atoms with E-state index in [0.717, 1.165) is 36.7 Å². The summed E-state index contributed by atoms with van der Waals surface area (Å²) in [6, 6.07) is 1.96. The molecule has 2 aromatic rings. The highest BCUT2D eigenvalue weighted by atomic mass is 16.2. The average Bonchev–Trinajstić information content (AvgIpc) is 2.97. The van der Waals surface area contributed by atoms with Crippen LogP contribution in [0, 0.1) is 5.92 Å². The molecule has 0 radical (unpaired) electrons. The summed E-state index contributed by atoms with van der Waals surface area (Å²) in [5, 5.41) is 7.56. The third-order valence-electron chi connectivity index (χ3n) is 4.57. The van der Waals surface area contributed by atoms with Gasteiger partial charge >= 0.3 is 0 Å². The molecule has 1 fully saturated rings. The minimum absolute atomic E-state index is 0.0389. The Bertz CT molecular complexity index is 734. The van der Waals surface area contributed by atoms with Crippen molar-refractivity contribution >= 4 is 17.5 Å². The van der Waals surface area contributed by atoms with Gasteiger partial charge in [-0.25, -0.2) is 4.98 Å². The Balaban J connectivity index is 1.68. The standard InChI is InChI=1S/C18H26N6O/c1-18(2,3)14-10-15(23(4)22-14)21-17(25)13-6-5-9-24(12-13)16-11-19-7-8-20-16/h7-8,10-11,13H,5-6,9,12H2,1-4H3,(H,21,25). The molecule has 3 heterocycles. The van der Waals surface area contributed by atoms with Gasteiger partial charge in [-0.3, -0.25) is 14.5 Å². The third kappa shape index (κ3) is 3.97. The lowest BCUT2D eigenvalue weighted by molar-refractivity contribution is -0.120. The van der Waals surface area contributed by atoms with Gasteiger partial charge in [0.2, 0.25) is 5.91 Å². The number of rotatable bonds is 3. The smallest absolute Gasteiger partial charge is 0.230 e. The van der Waals surface area contributed by atoms with E-state index in [1.54, 1.807) is 23.3 Å². The lowest BCUT2D eigenvalue weighted by atomic mass is 9.92. The van der Waals surface area contributed by atoms with E-state index in [0.29, 0.717) is 6.54 Å². The molecule has 1 aliphatic rings. The second kappa shape index (κ2) is 6.82. The van der Waals surface area contributed by atoms with Gasteiger partial charge < -0.3 is 10.2 Å². The Morgan fingerprint density at radius 2 is 2.12 bits per heavy atom. The molecule has 3 rings (SSSR count). The van der Waals surface area contributed by atoms with Crippen molar-refractivity contribution in [3.05, 3.63) is 30.4 Å². The molecule has 0 spiro atoms. The quantitative estimate of drug-likeness (QED) is 0.927. The number of hydrogen-bond donors (Lipinski definition) is 1. The van der Waals surface area contributed by atoms with E-state index in [4.69, 9.17) is 0 Å². The molecule has 1 unspecified atom stereocenters. The van der Waals surface area contributed by atoms with Crippen molar-refractivity contribution in [2.24, 2.45) is 13.0 Å². The van der Waals surface area contributed by atoms with Gasteiger partial charge in [0.15, 0.2) is 0 Å². The van der Waals surface area contributed by atoms with E-state index in [1.807, 2.05) is 13.1 Å². The molecule has 1 aliphatic heterocycles. The average molecular weight is 342 g/mol. The molecule has 0 bridgehead atoms. The van der Waals surface area contributed by atoms with Gasteiger partial charge in [-0.15, -0.1) is 0 Å². The van der Waals surface area contributed by atoms with E-state index in [1.165, 1.54) is 0 Å². The molecule has 7 nitrogen and oxygen atoms in total. The van der Waals surface area contributed by atoms with Gasteiger partial charge in [-0.2, -0.15) is 5.10 Å². The highest BCUT2D eigenvalue weighted by Gasteiger charge is 2.28. The molecule has 1 N–H and O–H groups in total. The van der Waals surface area contributed by atoms with Crippen molar-refractivity contribution in [3.63, 3.8) is 0 Å². The van der Waals surface area contributed by atoms with Gasteiger partial charge in [-0.05, 0) is 12.8 Å².